The van der Waals surface area contributed by atoms with Gasteiger partial charge < -0.3 is 15.5 Å². The van der Waals surface area contributed by atoms with Crippen LogP contribution in [0.1, 0.15) is 30.8 Å². The summed E-state index contributed by atoms with van der Waals surface area (Å²) in [6.45, 7) is 5.34. The Morgan fingerprint density at radius 1 is 1.24 bits per heavy atom. The molecule has 8 nitrogen and oxygen atoms in total. The number of aliphatic imine (C=N–C) groups is 2. The summed E-state index contributed by atoms with van der Waals surface area (Å²) in [6, 6.07) is 5.44. The first-order chi connectivity index (χ1) is 15.8. The zero-order valence-corrected chi connectivity index (χ0v) is 19.6. The number of nitrogens with one attached hydrogen (secondary N) is 1. The van der Waals surface area contributed by atoms with Crippen molar-refractivity contribution >= 4 is 34.7 Å². The van der Waals surface area contributed by atoms with E-state index in [1.54, 1.807) is 37.1 Å². The monoisotopic (exact) mass is 495 g/mol. The molecule has 1 fully saturated rings. The number of aryl methyl sites for hydroxylation is 1. The predicted molar refractivity (Wildman–Crippen MR) is 124 cm³/mol. The number of carboxylic acid groups (broad SMARTS) is 1. The topological polar surface area (TPSA) is 110 Å². The molecule has 0 saturated carbocycles. The third-order valence-corrected chi connectivity index (χ3v) is 7.16. The molecule has 0 unspecified atom stereocenters. The molecule has 1 aromatic carbocycles. The van der Waals surface area contributed by atoms with Crippen LogP contribution in [-0.4, -0.2) is 69.1 Å². The Kier molecular flexibility index (Phi) is 6.03. The molecule has 3 heterocycles. The van der Waals surface area contributed by atoms with Gasteiger partial charge >= 0.3 is 12.1 Å². The maximum Gasteiger partial charge on any atom is 0.429 e. The van der Waals surface area contributed by atoms with E-state index in [9.17, 15) is 28.2 Å². The Balaban J connectivity index is 1.52. The van der Waals surface area contributed by atoms with Gasteiger partial charge in [-0.1, -0.05) is 6.07 Å². The standard InChI is InChI=1S/C22H24F3N5O3S/c1-12-6-13(8-14(7-12)28-19-26-5-4-16(29-19)22(23,24)25)15-9-27-17(34-15)21(33)10-30(11-21)20(2,3)18(31)32/h6-9,33H,4-5,10-11H2,1-3H3,(H,26,28)(H,31,32). The number of β-amino-alcohol motifs (C(OH)–C–C–N with tert-alkyl or cyclic N) is 1. The van der Waals surface area contributed by atoms with Crippen LogP contribution in [0.3, 0.4) is 0 Å². The molecule has 0 spiro atoms. The summed E-state index contributed by atoms with van der Waals surface area (Å²) >= 11 is 1.29. The summed E-state index contributed by atoms with van der Waals surface area (Å²) in [7, 11) is 0. The largest absolute Gasteiger partial charge is 0.480 e. The first-order valence-electron chi connectivity index (χ1n) is 10.5. The number of halogens is 3. The highest BCUT2D eigenvalue weighted by molar-refractivity contribution is 7.15. The third-order valence-electron chi connectivity index (χ3n) is 5.92. The van der Waals surface area contributed by atoms with Gasteiger partial charge in [0, 0.05) is 37.9 Å². The number of rotatable bonds is 5. The van der Waals surface area contributed by atoms with Gasteiger partial charge in [-0.05, 0) is 44.0 Å². The molecular weight excluding hydrogens is 471 g/mol. The van der Waals surface area contributed by atoms with E-state index in [2.05, 4.69) is 20.3 Å². The summed E-state index contributed by atoms with van der Waals surface area (Å²) in [6.07, 6.45) is -3.11. The lowest BCUT2D eigenvalue weighted by Crippen LogP contribution is -2.67. The highest BCUT2D eigenvalue weighted by Gasteiger charge is 2.52. The second-order valence-electron chi connectivity index (χ2n) is 9.01. The lowest BCUT2D eigenvalue weighted by atomic mass is 9.88. The van der Waals surface area contributed by atoms with Crippen molar-refractivity contribution in [2.75, 3.05) is 25.0 Å². The summed E-state index contributed by atoms with van der Waals surface area (Å²) in [4.78, 5) is 25.9. The number of aromatic nitrogens is 1. The van der Waals surface area contributed by atoms with E-state index < -0.39 is 29.0 Å². The first-order valence-corrected chi connectivity index (χ1v) is 11.3. The molecule has 0 amide bonds. The van der Waals surface area contributed by atoms with Crippen molar-refractivity contribution in [1.29, 1.82) is 0 Å². The Bertz CT molecular complexity index is 1180. The number of likely N-dealkylation sites (tertiary alicyclic amines) is 1. The number of carbonyl (C=O) groups is 1. The molecule has 1 saturated heterocycles. The van der Waals surface area contributed by atoms with Gasteiger partial charge in [0.15, 0.2) is 0 Å². The Labute approximate surface area is 197 Å². The number of alkyl halides is 3. The van der Waals surface area contributed by atoms with Crippen molar-refractivity contribution in [3.8, 4) is 10.4 Å². The van der Waals surface area contributed by atoms with Gasteiger partial charge in [-0.3, -0.25) is 14.7 Å². The molecule has 12 heteroatoms. The van der Waals surface area contributed by atoms with Gasteiger partial charge in [-0.15, -0.1) is 11.3 Å². The average Bonchev–Trinajstić information content (AvgIpc) is 3.21. The van der Waals surface area contributed by atoms with Crippen molar-refractivity contribution in [2.24, 2.45) is 9.98 Å². The molecule has 4 rings (SSSR count). The molecule has 2 aliphatic heterocycles. The van der Waals surface area contributed by atoms with Crippen molar-refractivity contribution in [1.82, 2.24) is 9.88 Å². The van der Waals surface area contributed by atoms with Crippen molar-refractivity contribution < 1.29 is 28.2 Å². The molecule has 2 aromatic rings. The smallest absolute Gasteiger partial charge is 0.429 e. The molecule has 2 aliphatic rings. The number of hydrogen-bond donors (Lipinski definition) is 3. The van der Waals surface area contributed by atoms with Crippen LogP contribution in [0.2, 0.25) is 0 Å². The summed E-state index contributed by atoms with van der Waals surface area (Å²) in [5.74, 6) is -1.06. The van der Waals surface area contributed by atoms with Crippen molar-refractivity contribution in [2.45, 2.75) is 44.5 Å². The SMILES string of the molecule is Cc1cc(NC2=NCCC(C(F)(F)F)=N2)cc(-c2cnc(C3(O)CN(C(C)(C)C(=O)O)C3)s2)c1. The van der Waals surface area contributed by atoms with Crippen molar-refractivity contribution in [3.05, 3.63) is 35.0 Å². The normalized spacial score (nSPS) is 18.7. The van der Waals surface area contributed by atoms with Crippen LogP contribution in [0.25, 0.3) is 10.4 Å². The van der Waals surface area contributed by atoms with Gasteiger partial charge in [0.25, 0.3) is 0 Å². The number of carboxylic acids is 1. The third kappa shape index (κ3) is 4.70. The average molecular weight is 496 g/mol. The fourth-order valence-electron chi connectivity index (χ4n) is 3.76. The quantitative estimate of drug-likeness (QED) is 0.584. The van der Waals surface area contributed by atoms with Crippen LogP contribution in [-0.2, 0) is 10.4 Å². The van der Waals surface area contributed by atoms with Crippen LogP contribution in [0.4, 0.5) is 18.9 Å². The van der Waals surface area contributed by atoms with E-state index in [4.69, 9.17) is 0 Å². The van der Waals surface area contributed by atoms with E-state index in [1.165, 1.54) is 11.3 Å². The molecule has 0 aliphatic carbocycles. The number of hydrogen-bond acceptors (Lipinski definition) is 8. The number of guanidine groups is 1. The minimum atomic E-state index is -4.49. The highest BCUT2D eigenvalue weighted by atomic mass is 32.1. The van der Waals surface area contributed by atoms with Crippen molar-refractivity contribution in [3.63, 3.8) is 0 Å². The van der Waals surface area contributed by atoms with Gasteiger partial charge in [0.1, 0.15) is 21.9 Å². The zero-order chi connectivity index (χ0) is 24.9. The van der Waals surface area contributed by atoms with E-state index in [0.717, 1.165) is 16.0 Å². The number of aliphatic hydroxyl groups is 1. The molecule has 0 bridgehead atoms. The molecule has 182 valence electrons. The molecule has 34 heavy (non-hydrogen) atoms. The minimum Gasteiger partial charge on any atom is -0.480 e. The number of aliphatic carboxylic acids is 1. The summed E-state index contributed by atoms with van der Waals surface area (Å²) < 4.78 is 39.0. The second kappa shape index (κ2) is 8.43. The molecule has 3 N–H and O–H groups in total. The predicted octanol–water partition coefficient (Wildman–Crippen LogP) is 3.66. The molecule has 0 radical (unpaired) electrons. The number of thiazole rings is 1. The minimum absolute atomic E-state index is 0.00579. The Morgan fingerprint density at radius 2 is 1.94 bits per heavy atom. The van der Waals surface area contributed by atoms with E-state index in [1.807, 2.05) is 13.0 Å². The fourth-order valence-corrected chi connectivity index (χ4v) is 4.73. The molecule has 0 atom stereocenters. The number of nitrogens with zero attached hydrogens (tertiary/aromatic N) is 4. The lowest BCUT2D eigenvalue weighted by molar-refractivity contribution is -0.173. The fraction of sp³-hybridized carbons (Fsp3) is 0.455. The molecule has 1 aromatic heterocycles. The first kappa shape index (κ1) is 24.3. The summed E-state index contributed by atoms with van der Waals surface area (Å²) in [5, 5.41) is 23.7. The van der Waals surface area contributed by atoms with Crippen LogP contribution < -0.4 is 5.32 Å². The summed E-state index contributed by atoms with van der Waals surface area (Å²) in [5.41, 5.74) is -1.03. The number of benzene rings is 1. The number of anilines is 1. The Hall–Kier alpha value is -2.83. The Morgan fingerprint density at radius 3 is 2.59 bits per heavy atom. The zero-order valence-electron chi connectivity index (χ0n) is 18.8. The van der Waals surface area contributed by atoms with E-state index in [0.29, 0.717) is 10.7 Å². The van der Waals surface area contributed by atoms with Crippen LogP contribution >= 0.6 is 11.3 Å². The maximum absolute atomic E-state index is 13.0. The van der Waals surface area contributed by atoms with Gasteiger partial charge in [-0.25, -0.2) is 9.98 Å². The van der Waals surface area contributed by atoms with Gasteiger partial charge in [-0.2, -0.15) is 13.2 Å². The van der Waals surface area contributed by atoms with E-state index >= 15 is 0 Å². The molecular formula is C22H24F3N5O3S. The van der Waals surface area contributed by atoms with E-state index in [-0.39, 0.29) is 32.0 Å². The maximum atomic E-state index is 13.0. The van der Waals surface area contributed by atoms with Gasteiger partial charge in [0.05, 0.1) is 4.88 Å². The van der Waals surface area contributed by atoms with Crippen LogP contribution in [0.15, 0.2) is 34.4 Å². The second-order valence-corrected chi connectivity index (χ2v) is 10.0. The van der Waals surface area contributed by atoms with Gasteiger partial charge in [0.2, 0.25) is 5.96 Å². The van der Waals surface area contributed by atoms with Crippen LogP contribution in [0.5, 0.6) is 0 Å². The lowest BCUT2D eigenvalue weighted by Gasteiger charge is -2.51. The van der Waals surface area contributed by atoms with Crippen LogP contribution in [0, 0.1) is 6.92 Å². The highest BCUT2D eigenvalue weighted by Crippen LogP contribution is 2.40.